The van der Waals surface area contributed by atoms with E-state index in [-0.39, 0.29) is 92.0 Å². The maximum Gasteiger partial charge on any atom is 0.155 e. The van der Waals surface area contributed by atoms with Gasteiger partial charge in [-0.2, -0.15) is 0 Å². The third-order valence-electron chi connectivity index (χ3n) is 13.8. The molecule has 8 aromatic carbocycles. The summed E-state index contributed by atoms with van der Waals surface area (Å²) in [7, 11) is 0. The van der Waals surface area contributed by atoms with Crippen LogP contribution in [-0.4, -0.2) is 30.8 Å². The first-order valence-corrected chi connectivity index (χ1v) is 29.0. The Bertz CT molecular complexity index is 3880. The largest absolute Gasteiger partial charge is 0.512 e. The quantitative estimate of drug-likeness (QED) is 0.0880. The van der Waals surface area contributed by atoms with Gasteiger partial charge in [-0.3, -0.25) is 4.79 Å². The Morgan fingerprint density at radius 2 is 0.736 bits per heavy atom. The Balaban J connectivity index is 0.000000246. The summed E-state index contributed by atoms with van der Waals surface area (Å²) in [6, 6.07) is 87.9. The fourth-order valence-electron chi connectivity index (χ4n) is 9.85. The van der Waals surface area contributed by atoms with Crippen LogP contribution in [0.15, 0.2) is 255 Å². The van der Waals surface area contributed by atoms with Crippen LogP contribution in [0.4, 0.5) is 0 Å². The normalized spacial score (nSPS) is 10.1. The molecule has 0 saturated heterocycles. The molecule has 0 bridgehead atoms. The van der Waals surface area contributed by atoms with E-state index < -0.39 is 0 Å². The van der Waals surface area contributed by atoms with E-state index >= 15 is 0 Å². The Labute approximate surface area is 593 Å². The van der Waals surface area contributed by atoms with E-state index in [4.69, 9.17) is 5.11 Å². The van der Waals surface area contributed by atoms with Crippen LogP contribution in [0, 0.1) is 79.7 Å². The number of nitrogens with zero attached hydrogens (tertiary/aromatic N) is 4. The number of hydrogen-bond acceptors (Lipinski definition) is 6. The van der Waals surface area contributed by atoms with Crippen LogP contribution in [0.5, 0.6) is 0 Å². The number of pyridine rings is 4. The van der Waals surface area contributed by atoms with Crippen LogP contribution in [0.25, 0.3) is 89.5 Å². The summed E-state index contributed by atoms with van der Waals surface area (Å²) in [5.41, 5.74) is 27.3. The van der Waals surface area contributed by atoms with E-state index in [9.17, 15) is 4.79 Å². The van der Waals surface area contributed by atoms with Gasteiger partial charge in [0.05, 0.1) is 5.76 Å². The number of benzene rings is 8. The maximum absolute atomic E-state index is 10.0. The molecule has 0 atom stereocenters. The molecule has 12 rings (SSSR count). The Hall–Kier alpha value is -7.83. The van der Waals surface area contributed by atoms with Gasteiger partial charge in [-0.1, -0.05) is 210 Å². The van der Waals surface area contributed by atoms with Crippen LogP contribution < -0.4 is 0 Å². The van der Waals surface area contributed by atoms with E-state index in [1.165, 1.54) is 81.1 Å². The molecule has 4 radical (unpaired) electrons. The molecule has 0 aliphatic rings. The van der Waals surface area contributed by atoms with Gasteiger partial charge in [-0.15, -0.1) is 141 Å². The minimum Gasteiger partial charge on any atom is -0.512 e. The summed E-state index contributed by atoms with van der Waals surface area (Å²) in [6.45, 7) is 19.6. The van der Waals surface area contributed by atoms with Gasteiger partial charge in [-0.25, -0.2) is 0 Å². The van der Waals surface area contributed by atoms with Crippen molar-refractivity contribution < 1.29 is 90.3 Å². The number of aliphatic hydroxyl groups excluding tert-OH is 1. The van der Waals surface area contributed by atoms with E-state index in [1.54, 1.807) is 0 Å². The molecule has 0 spiro atoms. The molecule has 1 N–H and O–H groups in total. The summed E-state index contributed by atoms with van der Waals surface area (Å²) in [5, 5.41) is 8.36. The first-order valence-electron chi connectivity index (χ1n) is 29.0. The van der Waals surface area contributed by atoms with Crippen molar-refractivity contribution in [2.24, 2.45) is 0 Å². The minimum atomic E-state index is -0.125. The van der Waals surface area contributed by atoms with Crippen molar-refractivity contribution >= 4 is 5.78 Å². The summed E-state index contributed by atoms with van der Waals surface area (Å²) in [4.78, 5) is 28.3. The first kappa shape index (κ1) is 75.6. The van der Waals surface area contributed by atoms with Crippen molar-refractivity contribution in [2.45, 2.75) is 69.2 Å². The van der Waals surface area contributed by atoms with E-state index in [1.807, 2.05) is 116 Å². The third-order valence-corrected chi connectivity index (χ3v) is 13.8. The number of carbonyl (C=O) groups excluding carboxylic acids is 1. The van der Waals surface area contributed by atoms with Gasteiger partial charge in [0.2, 0.25) is 0 Å². The number of allylic oxidation sites excluding steroid dienone is 2. The van der Waals surface area contributed by atoms with Gasteiger partial charge in [0.25, 0.3) is 0 Å². The van der Waals surface area contributed by atoms with Crippen molar-refractivity contribution in [3.8, 4) is 89.5 Å². The van der Waals surface area contributed by atoms with E-state index in [0.717, 1.165) is 72.8 Å². The fraction of sp³-hybridized carbons (Fsp3) is 0.123. The number of aromatic nitrogens is 4. The van der Waals surface area contributed by atoms with Crippen LogP contribution in [-0.2, 0) is 85.2 Å². The molecule has 0 unspecified atom stereocenters. The van der Waals surface area contributed by atoms with Gasteiger partial charge >= 0.3 is 0 Å². The number of hydrogen-bond donors (Lipinski definition) is 1. The summed E-state index contributed by atoms with van der Waals surface area (Å²) in [6.07, 6.45) is 8.89. The molecule has 6 nitrogen and oxygen atoms in total. The van der Waals surface area contributed by atoms with Crippen molar-refractivity contribution in [3.05, 3.63) is 324 Å². The molecule has 0 aliphatic carbocycles. The maximum atomic E-state index is 10.0. The second-order valence-corrected chi connectivity index (χ2v) is 21.6. The average Bonchev–Trinajstić information content (AvgIpc) is 1.94. The number of aryl methyl sites for hydroxylation is 8. The zero-order valence-corrected chi connectivity index (χ0v) is 62.2. The molecule has 4 heterocycles. The molecule has 0 fully saturated rings. The van der Waals surface area contributed by atoms with Crippen molar-refractivity contribution in [1.29, 1.82) is 0 Å². The smallest absolute Gasteiger partial charge is 0.155 e. The third kappa shape index (κ3) is 23.4. The van der Waals surface area contributed by atoms with Crippen LogP contribution >= 0.6 is 0 Å². The molecule has 0 amide bonds. The average molecular weight is 1900 g/mol. The zero-order chi connectivity index (χ0) is 61.7. The molecule has 4 aromatic heterocycles. The minimum absolute atomic E-state index is 0. The van der Waals surface area contributed by atoms with E-state index in [2.05, 4.69) is 227 Å². The van der Waals surface area contributed by atoms with Crippen molar-refractivity contribution in [1.82, 2.24) is 19.9 Å². The molecule has 0 aliphatic heterocycles. The molecular formula is C81H72Ir4N4O2-4. The van der Waals surface area contributed by atoms with Gasteiger partial charge < -0.3 is 25.0 Å². The van der Waals surface area contributed by atoms with Gasteiger partial charge in [0.15, 0.2) is 5.78 Å². The SMILES string of the molecule is CC(=O)C=C(C)O.Cc1[c-]c(-c2ccc(-c3ccccc3)cn2)cc(C)c1.Cc1c[c-]c(-c2ccc(-c3ccccc3)cn2)c(C)c1.Cc1c[c-]c(-c2ccc(-c3ccccc3)cn2)c(C)c1.Cc1cc(C)cc(-c2ccc(-c3[c-]cccc3)nc2)c1.[Ir].[Ir].[Ir].[Ir]. The van der Waals surface area contributed by atoms with Gasteiger partial charge in [0, 0.05) is 111 Å². The first-order chi connectivity index (χ1) is 42.0. The Morgan fingerprint density at radius 3 is 1.07 bits per heavy atom. The summed E-state index contributed by atoms with van der Waals surface area (Å²) in [5.74, 6) is -0.0625. The predicted molar refractivity (Wildman–Crippen MR) is 361 cm³/mol. The number of carbonyl (C=O) groups is 1. The van der Waals surface area contributed by atoms with Crippen molar-refractivity contribution in [3.63, 3.8) is 0 Å². The summed E-state index contributed by atoms with van der Waals surface area (Å²) < 4.78 is 0. The molecule has 91 heavy (non-hydrogen) atoms. The monoisotopic (exact) mass is 1900 g/mol. The van der Waals surface area contributed by atoms with Crippen LogP contribution in [0.1, 0.15) is 58.4 Å². The Morgan fingerprint density at radius 1 is 0.363 bits per heavy atom. The second-order valence-electron chi connectivity index (χ2n) is 21.6. The predicted octanol–water partition coefficient (Wildman–Crippen LogP) is 20.4. The molecule has 468 valence electrons. The molecule has 10 heteroatoms. The van der Waals surface area contributed by atoms with Crippen LogP contribution in [0.3, 0.4) is 0 Å². The number of rotatable bonds is 9. The van der Waals surface area contributed by atoms with E-state index in [0.29, 0.717) is 0 Å². The van der Waals surface area contributed by atoms with Gasteiger partial charge in [-0.05, 0) is 95.0 Å². The molecule has 0 saturated carbocycles. The Kier molecular flexibility index (Phi) is 31.7. The number of ketones is 1. The second kappa shape index (κ2) is 38.1. The fourth-order valence-corrected chi connectivity index (χ4v) is 9.85. The zero-order valence-electron chi connectivity index (χ0n) is 52.6. The van der Waals surface area contributed by atoms with Crippen molar-refractivity contribution in [2.75, 3.05) is 0 Å². The molecule has 12 aromatic rings. The summed E-state index contributed by atoms with van der Waals surface area (Å²) >= 11 is 0. The topological polar surface area (TPSA) is 88.9 Å². The standard InChI is InChI=1S/4C19H16N.C5H8O2.4Ir/c2*1-14-8-10-18(15(2)12-14)19-11-9-17(13-20-19)16-6-4-3-5-7-16;1-14-10-15(2)12-18(11-14)17-8-9-19(20-13-17)16-6-4-3-5-7-16;1-14-10-15(2)12-18(11-14)19-9-8-17(13-20-19)16-6-4-3-5-7-16;1-4(6)3-5(2)7;;;;/h2*3-9,11-13H,1-2H3;3-6,8-13H,1-2H3;3-11,13H,1-2H3;3,6H,1-2H3;;;;/q4*-1;;;;;. The van der Waals surface area contributed by atoms with Gasteiger partial charge in [0.1, 0.15) is 0 Å². The van der Waals surface area contributed by atoms with Crippen LogP contribution in [0.2, 0.25) is 0 Å². The molecular weight excluding hydrogens is 1830 g/mol. The number of aliphatic hydroxyl groups is 1.